The second-order valence-corrected chi connectivity index (χ2v) is 6.43. The molecule has 0 saturated carbocycles. The molecule has 1 aliphatic rings. The third-order valence-corrected chi connectivity index (χ3v) is 4.51. The first kappa shape index (κ1) is 19.5. The predicted molar refractivity (Wildman–Crippen MR) is 101 cm³/mol. The van der Waals surface area contributed by atoms with E-state index in [0.29, 0.717) is 31.9 Å². The number of nitrogens with zero attached hydrogens (tertiary/aromatic N) is 2. The van der Waals surface area contributed by atoms with Crippen LogP contribution in [0.25, 0.3) is 17.0 Å². The zero-order valence-corrected chi connectivity index (χ0v) is 15.2. The van der Waals surface area contributed by atoms with Crippen LogP contribution in [-0.4, -0.2) is 64.3 Å². The van der Waals surface area contributed by atoms with Gasteiger partial charge in [0.25, 0.3) is 0 Å². The lowest BCUT2D eigenvalue weighted by molar-refractivity contribution is -0.149. The number of allylic oxidation sites excluding steroid dienone is 1. The number of amides is 1. The van der Waals surface area contributed by atoms with Crippen molar-refractivity contribution in [2.75, 3.05) is 26.3 Å². The molecule has 1 aliphatic heterocycles. The average molecular weight is 384 g/mol. The van der Waals surface area contributed by atoms with E-state index in [1.54, 1.807) is 11.1 Å². The second-order valence-electron chi connectivity index (χ2n) is 6.43. The number of hydrogen-bond donors (Lipinski definition) is 1. The van der Waals surface area contributed by atoms with Crippen molar-refractivity contribution in [2.45, 2.75) is 13.0 Å². The lowest BCUT2D eigenvalue weighted by atomic mass is 10.1. The van der Waals surface area contributed by atoms with E-state index in [0.717, 1.165) is 10.9 Å². The van der Waals surface area contributed by atoms with Gasteiger partial charge in [-0.15, -0.1) is 0 Å². The number of fused-ring (bicyclic) bond motifs is 1. The third-order valence-electron chi connectivity index (χ3n) is 4.51. The van der Waals surface area contributed by atoms with E-state index < -0.39 is 24.0 Å². The number of carbonyl (C=O) groups excluding carboxylic acids is 3. The highest BCUT2D eigenvalue weighted by Crippen LogP contribution is 2.23. The first-order valence-corrected chi connectivity index (χ1v) is 8.86. The van der Waals surface area contributed by atoms with Crippen molar-refractivity contribution in [3.05, 3.63) is 42.1 Å². The molecule has 1 N–H and O–H groups in total. The molecular formula is C20H20N2O6. The number of ketones is 2. The molecule has 8 nitrogen and oxygen atoms in total. The molecule has 0 atom stereocenters. The second kappa shape index (κ2) is 8.62. The smallest absolute Gasteiger partial charge is 0.372 e. The number of aromatic nitrogens is 1. The van der Waals surface area contributed by atoms with Crippen LogP contribution in [0.3, 0.4) is 0 Å². The summed E-state index contributed by atoms with van der Waals surface area (Å²) >= 11 is 0. The molecule has 0 spiro atoms. The van der Waals surface area contributed by atoms with Crippen LogP contribution in [0.5, 0.6) is 0 Å². The summed E-state index contributed by atoms with van der Waals surface area (Å²) < 4.78 is 7.09. The molecule has 0 aliphatic carbocycles. The first-order chi connectivity index (χ1) is 13.5. The van der Waals surface area contributed by atoms with Crippen LogP contribution < -0.4 is 0 Å². The summed E-state index contributed by atoms with van der Waals surface area (Å²) in [6, 6.07) is 7.47. The van der Waals surface area contributed by atoms with E-state index in [4.69, 9.17) is 9.84 Å². The number of aliphatic carboxylic acids is 1. The maximum absolute atomic E-state index is 12.6. The fraction of sp³-hybridized carbons (Fsp3) is 0.300. The van der Waals surface area contributed by atoms with Gasteiger partial charge in [0.2, 0.25) is 11.7 Å². The summed E-state index contributed by atoms with van der Waals surface area (Å²) in [6.07, 6.45) is 3.82. The molecule has 2 heterocycles. The highest BCUT2D eigenvalue weighted by atomic mass is 16.5. The van der Waals surface area contributed by atoms with Crippen molar-refractivity contribution >= 4 is 40.4 Å². The molecule has 0 bridgehead atoms. The summed E-state index contributed by atoms with van der Waals surface area (Å²) in [5.74, 6) is -3.37. The summed E-state index contributed by atoms with van der Waals surface area (Å²) in [6.45, 7) is 2.36. The molecule has 0 unspecified atom stereocenters. The number of ether oxygens (including phenoxy) is 1. The van der Waals surface area contributed by atoms with Gasteiger partial charge >= 0.3 is 5.97 Å². The number of hydrogen-bond acceptors (Lipinski definition) is 5. The van der Waals surface area contributed by atoms with Crippen LogP contribution in [0.1, 0.15) is 12.0 Å². The minimum atomic E-state index is -1.63. The van der Waals surface area contributed by atoms with Crippen molar-refractivity contribution in [1.82, 2.24) is 9.47 Å². The zero-order chi connectivity index (χ0) is 20.1. The van der Waals surface area contributed by atoms with Gasteiger partial charge in [-0.1, -0.05) is 18.2 Å². The molecule has 3 rings (SSSR count). The van der Waals surface area contributed by atoms with Crippen LogP contribution in [-0.2, 0) is 30.5 Å². The highest BCUT2D eigenvalue weighted by molar-refractivity contribution is 6.37. The standard InChI is InChI=1S/C20H20N2O6/c23-15(11-18(24)20(26)27)6-5-14-12-22(17-4-2-1-3-16(14)17)13-19(25)21-7-9-28-10-8-21/h1-6,12H,7-11,13H2,(H,26,27)/b6-5+. The molecule has 0 radical (unpaired) electrons. The van der Waals surface area contributed by atoms with Crippen LogP contribution in [0.4, 0.5) is 0 Å². The number of Topliss-reactive ketones (excluding diaryl/α,β-unsaturated/α-hetero) is 1. The van der Waals surface area contributed by atoms with E-state index in [2.05, 4.69) is 0 Å². The van der Waals surface area contributed by atoms with Gasteiger partial charge in [-0.3, -0.25) is 14.4 Å². The monoisotopic (exact) mass is 384 g/mol. The van der Waals surface area contributed by atoms with Crippen molar-refractivity contribution in [3.8, 4) is 0 Å². The number of rotatable bonds is 7. The van der Waals surface area contributed by atoms with E-state index in [1.165, 1.54) is 12.2 Å². The van der Waals surface area contributed by atoms with E-state index in [9.17, 15) is 19.2 Å². The van der Waals surface area contributed by atoms with Gasteiger partial charge in [0.1, 0.15) is 6.54 Å². The first-order valence-electron chi connectivity index (χ1n) is 8.86. The molecule has 146 valence electrons. The Kier molecular flexibility index (Phi) is 6.00. The maximum atomic E-state index is 12.6. The fourth-order valence-corrected chi connectivity index (χ4v) is 3.07. The van der Waals surface area contributed by atoms with Crippen LogP contribution in [0.15, 0.2) is 36.5 Å². The Bertz CT molecular complexity index is 953. The Morgan fingerprint density at radius 3 is 2.54 bits per heavy atom. The molecule has 28 heavy (non-hydrogen) atoms. The number of carboxylic acids is 1. The van der Waals surface area contributed by atoms with Gasteiger partial charge in [-0.2, -0.15) is 0 Å². The maximum Gasteiger partial charge on any atom is 0.372 e. The average Bonchev–Trinajstić information content (AvgIpc) is 3.04. The quantitative estimate of drug-likeness (QED) is 0.436. The Morgan fingerprint density at radius 2 is 1.82 bits per heavy atom. The van der Waals surface area contributed by atoms with Gasteiger partial charge in [0.15, 0.2) is 5.78 Å². The van der Waals surface area contributed by atoms with Gasteiger partial charge < -0.3 is 19.3 Å². The van der Waals surface area contributed by atoms with Crippen molar-refractivity contribution in [2.24, 2.45) is 0 Å². The summed E-state index contributed by atoms with van der Waals surface area (Å²) in [4.78, 5) is 47.8. The number of morpholine rings is 1. The number of carboxylic acid groups (broad SMARTS) is 1. The number of benzene rings is 1. The minimum Gasteiger partial charge on any atom is -0.475 e. The minimum absolute atomic E-state index is 0.0114. The van der Waals surface area contributed by atoms with E-state index in [-0.39, 0.29) is 12.5 Å². The predicted octanol–water partition coefficient (Wildman–Crippen LogP) is 1.13. The molecular weight excluding hydrogens is 364 g/mol. The summed E-state index contributed by atoms with van der Waals surface area (Å²) in [7, 11) is 0. The van der Waals surface area contributed by atoms with Crippen LogP contribution in [0.2, 0.25) is 0 Å². The molecule has 8 heteroatoms. The fourth-order valence-electron chi connectivity index (χ4n) is 3.07. The number of para-hydroxylation sites is 1. The highest BCUT2D eigenvalue weighted by Gasteiger charge is 2.18. The van der Waals surface area contributed by atoms with E-state index in [1.807, 2.05) is 28.8 Å². The Morgan fingerprint density at radius 1 is 1.11 bits per heavy atom. The summed E-state index contributed by atoms with van der Waals surface area (Å²) in [5.41, 5.74) is 1.55. The van der Waals surface area contributed by atoms with E-state index >= 15 is 0 Å². The Hall–Kier alpha value is -3.26. The lowest BCUT2D eigenvalue weighted by Gasteiger charge is -2.27. The molecule has 1 fully saturated rings. The van der Waals surface area contributed by atoms with Gasteiger partial charge in [0, 0.05) is 35.8 Å². The van der Waals surface area contributed by atoms with Crippen molar-refractivity contribution in [3.63, 3.8) is 0 Å². The molecule has 1 aromatic carbocycles. The summed E-state index contributed by atoms with van der Waals surface area (Å²) in [5, 5.41) is 9.43. The zero-order valence-electron chi connectivity index (χ0n) is 15.2. The van der Waals surface area contributed by atoms with Crippen LogP contribution >= 0.6 is 0 Å². The van der Waals surface area contributed by atoms with Gasteiger partial charge in [-0.05, 0) is 18.2 Å². The van der Waals surface area contributed by atoms with Crippen LogP contribution in [0, 0.1) is 0 Å². The normalized spacial score (nSPS) is 14.5. The lowest BCUT2D eigenvalue weighted by Crippen LogP contribution is -2.42. The SMILES string of the molecule is O=C(/C=C/c1cn(CC(=O)N2CCOCC2)c2ccccc12)CC(=O)C(=O)O. The van der Waals surface area contributed by atoms with Gasteiger partial charge in [-0.25, -0.2) is 4.79 Å². The topological polar surface area (TPSA) is 106 Å². The molecule has 2 aromatic rings. The van der Waals surface area contributed by atoms with Gasteiger partial charge in [0.05, 0.1) is 19.6 Å². The molecule has 1 saturated heterocycles. The third kappa shape index (κ3) is 4.52. The molecule has 1 amide bonds. The molecule has 1 aromatic heterocycles. The Labute approximate surface area is 161 Å². The number of carbonyl (C=O) groups is 4. The van der Waals surface area contributed by atoms with Crippen molar-refractivity contribution < 1.29 is 29.0 Å². The largest absolute Gasteiger partial charge is 0.475 e. The van der Waals surface area contributed by atoms with Crippen molar-refractivity contribution in [1.29, 1.82) is 0 Å². The Balaban J connectivity index is 1.79.